The van der Waals surface area contributed by atoms with E-state index in [4.69, 9.17) is 0 Å². The summed E-state index contributed by atoms with van der Waals surface area (Å²) in [7, 11) is 0. The molecule has 26 heavy (non-hydrogen) atoms. The summed E-state index contributed by atoms with van der Waals surface area (Å²) < 4.78 is 4.11. The number of carbonyl (C=O) groups excluding carboxylic acids is 1. The maximum atomic E-state index is 12.9. The van der Waals surface area contributed by atoms with E-state index in [1.165, 1.54) is 4.70 Å². The first-order valence-corrected chi connectivity index (χ1v) is 10.7. The molecule has 2 atom stereocenters. The first-order valence-electron chi connectivity index (χ1n) is 8.93. The Bertz CT molecular complexity index is 878. The fourth-order valence-electron chi connectivity index (χ4n) is 4.29. The van der Waals surface area contributed by atoms with E-state index in [-0.39, 0.29) is 5.91 Å². The normalized spacial score (nSPS) is 25.1. The van der Waals surface area contributed by atoms with Crippen molar-refractivity contribution in [2.75, 3.05) is 5.75 Å². The number of hydrogen-bond donors (Lipinski definition) is 0. The fraction of sp³-hybridized carbons (Fsp3) is 0.444. The van der Waals surface area contributed by atoms with Crippen molar-refractivity contribution >= 4 is 39.2 Å². The molecule has 0 radical (unpaired) electrons. The second-order valence-electron chi connectivity index (χ2n) is 6.93. The van der Waals surface area contributed by atoms with Gasteiger partial charge in [-0.05, 0) is 37.8 Å². The third kappa shape index (κ3) is 2.91. The van der Waals surface area contributed by atoms with E-state index in [0.717, 1.165) is 35.5 Å². The largest absolute Gasteiger partial charge is 0.336 e. The summed E-state index contributed by atoms with van der Waals surface area (Å²) in [5.74, 6) is 0.722. The van der Waals surface area contributed by atoms with Crippen molar-refractivity contribution in [1.29, 1.82) is 0 Å². The van der Waals surface area contributed by atoms with Crippen LogP contribution in [0, 0.1) is 0 Å². The van der Waals surface area contributed by atoms with E-state index in [1.54, 1.807) is 29.3 Å². The summed E-state index contributed by atoms with van der Waals surface area (Å²) in [6.07, 6.45) is 7.84. The number of nitrogens with zero attached hydrogens (tertiary/aromatic N) is 5. The number of carbonyl (C=O) groups is 1. The number of piperidine rings is 1. The molecule has 2 fully saturated rings. The molecular weight excluding hydrogens is 366 g/mol. The van der Waals surface area contributed by atoms with Crippen LogP contribution in [0.1, 0.15) is 31.7 Å². The van der Waals surface area contributed by atoms with Crippen molar-refractivity contribution < 1.29 is 4.79 Å². The first kappa shape index (κ1) is 16.3. The van der Waals surface area contributed by atoms with Crippen LogP contribution < -0.4 is 0 Å². The van der Waals surface area contributed by atoms with Crippen molar-refractivity contribution in [3.8, 4) is 0 Å². The van der Waals surface area contributed by atoms with Gasteiger partial charge < -0.3 is 4.90 Å². The van der Waals surface area contributed by atoms with Gasteiger partial charge in [-0.1, -0.05) is 29.1 Å². The molecule has 2 aromatic heterocycles. The van der Waals surface area contributed by atoms with Crippen molar-refractivity contribution in [1.82, 2.24) is 24.9 Å². The van der Waals surface area contributed by atoms with Gasteiger partial charge in [-0.15, -0.1) is 16.4 Å². The summed E-state index contributed by atoms with van der Waals surface area (Å²) in [6, 6.07) is 9.17. The van der Waals surface area contributed by atoms with Gasteiger partial charge in [-0.25, -0.2) is 9.67 Å². The average molecular weight is 386 g/mol. The second kappa shape index (κ2) is 6.66. The molecule has 2 unspecified atom stereocenters. The average Bonchev–Trinajstić information content (AvgIpc) is 3.37. The van der Waals surface area contributed by atoms with E-state index in [2.05, 4.69) is 26.3 Å². The quantitative estimate of drug-likeness (QED) is 0.644. The van der Waals surface area contributed by atoms with Gasteiger partial charge in [0.1, 0.15) is 0 Å². The standard InChI is InChI=1S/C18H19N5OS2/c24-17(11-25-18-20-15-3-1-2-4-16(15)26-18)23-12-5-6-13(23)10-14(9-12)22-8-7-19-21-22/h1-4,7-8,12-14H,5-6,9-11H2. The molecule has 1 amide bonds. The van der Waals surface area contributed by atoms with Crippen molar-refractivity contribution in [2.45, 2.75) is 48.1 Å². The minimum atomic E-state index is 0.249. The first-order chi connectivity index (χ1) is 12.8. The molecule has 2 aliphatic rings. The maximum absolute atomic E-state index is 12.9. The Labute approximate surface area is 159 Å². The van der Waals surface area contributed by atoms with Crippen LogP contribution >= 0.6 is 23.1 Å². The van der Waals surface area contributed by atoms with E-state index in [1.807, 2.05) is 29.1 Å². The third-order valence-corrected chi connectivity index (χ3v) is 7.57. The lowest BCUT2D eigenvalue weighted by Gasteiger charge is -2.38. The van der Waals surface area contributed by atoms with Crippen LogP contribution in [-0.2, 0) is 4.79 Å². The van der Waals surface area contributed by atoms with Crippen LogP contribution in [-0.4, -0.2) is 48.6 Å². The maximum Gasteiger partial charge on any atom is 0.233 e. The van der Waals surface area contributed by atoms with Gasteiger partial charge in [-0.2, -0.15) is 0 Å². The van der Waals surface area contributed by atoms with Gasteiger partial charge in [0.25, 0.3) is 0 Å². The summed E-state index contributed by atoms with van der Waals surface area (Å²) in [5, 5.41) is 8.08. The molecule has 2 saturated heterocycles. The zero-order chi connectivity index (χ0) is 17.5. The number of aromatic nitrogens is 4. The molecule has 2 aliphatic heterocycles. The van der Waals surface area contributed by atoms with Crippen molar-refractivity contribution in [3.63, 3.8) is 0 Å². The van der Waals surface area contributed by atoms with Gasteiger partial charge in [0, 0.05) is 18.3 Å². The molecule has 5 rings (SSSR count). The number of rotatable bonds is 4. The van der Waals surface area contributed by atoms with Crippen LogP contribution in [0.2, 0.25) is 0 Å². The number of para-hydroxylation sites is 1. The lowest BCUT2D eigenvalue weighted by Crippen LogP contribution is -2.47. The zero-order valence-electron chi connectivity index (χ0n) is 14.2. The third-order valence-electron chi connectivity index (χ3n) is 5.40. The van der Waals surface area contributed by atoms with E-state index < -0.39 is 0 Å². The lowest BCUT2D eigenvalue weighted by atomic mass is 9.97. The number of thioether (sulfide) groups is 1. The molecule has 8 heteroatoms. The molecule has 3 aromatic rings. The topological polar surface area (TPSA) is 63.9 Å². The van der Waals surface area contributed by atoms with Gasteiger partial charge in [-0.3, -0.25) is 4.79 Å². The van der Waals surface area contributed by atoms with Crippen LogP contribution in [0.4, 0.5) is 0 Å². The summed E-state index contributed by atoms with van der Waals surface area (Å²) in [4.78, 5) is 19.7. The fourth-order valence-corrected chi connectivity index (χ4v) is 6.23. The van der Waals surface area contributed by atoms with Crippen LogP contribution in [0.5, 0.6) is 0 Å². The van der Waals surface area contributed by atoms with Crippen LogP contribution in [0.25, 0.3) is 10.2 Å². The zero-order valence-corrected chi connectivity index (χ0v) is 15.8. The minimum absolute atomic E-state index is 0.249. The van der Waals surface area contributed by atoms with Gasteiger partial charge in [0.05, 0.1) is 28.2 Å². The number of benzene rings is 1. The van der Waals surface area contributed by atoms with E-state index in [9.17, 15) is 4.79 Å². The monoisotopic (exact) mass is 385 g/mol. The molecule has 4 heterocycles. The van der Waals surface area contributed by atoms with Crippen LogP contribution in [0.3, 0.4) is 0 Å². The lowest BCUT2D eigenvalue weighted by molar-refractivity contribution is -0.133. The molecule has 2 bridgehead atoms. The Morgan fingerprint density at radius 2 is 2.00 bits per heavy atom. The number of amides is 1. The Morgan fingerprint density at radius 3 is 2.73 bits per heavy atom. The van der Waals surface area contributed by atoms with Crippen LogP contribution in [0.15, 0.2) is 41.0 Å². The van der Waals surface area contributed by atoms with E-state index in [0.29, 0.717) is 23.9 Å². The highest BCUT2D eigenvalue weighted by Gasteiger charge is 2.43. The van der Waals surface area contributed by atoms with Gasteiger partial charge in [0.2, 0.25) is 5.91 Å². The molecule has 0 aliphatic carbocycles. The smallest absolute Gasteiger partial charge is 0.233 e. The molecule has 0 saturated carbocycles. The van der Waals surface area contributed by atoms with Crippen molar-refractivity contribution in [2.24, 2.45) is 0 Å². The molecule has 0 N–H and O–H groups in total. The summed E-state index contributed by atoms with van der Waals surface area (Å²) >= 11 is 3.23. The van der Waals surface area contributed by atoms with Crippen molar-refractivity contribution in [3.05, 3.63) is 36.7 Å². The van der Waals surface area contributed by atoms with Gasteiger partial charge in [0.15, 0.2) is 4.34 Å². The Kier molecular flexibility index (Phi) is 4.17. The highest BCUT2D eigenvalue weighted by molar-refractivity contribution is 8.01. The Balaban J connectivity index is 1.25. The molecule has 6 nitrogen and oxygen atoms in total. The number of thiazole rings is 1. The molecule has 1 aromatic carbocycles. The predicted octanol–water partition coefficient (Wildman–Crippen LogP) is 3.37. The Hall–Kier alpha value is -1.93. The summed E-state index contributed by atoms with van der Waals surface area (Å²) in [5.41, 5.74) is 1.01. The molecular formula is C18H19N5OS2. The highest BCUT2D eigenvalue weighted by atomic mass is 32.2. The summed E-state index contributed by atoms with van der Waals surface area (Å²) in [6.45, 7) is 0. The molecule has 134 valence electrons. The molecule has 0 spiro atoms. The second-order valence-corrected chi connectivity index (χ2v) is 9.18. The highest BCUT2D eigenvalue weighted by Crippen LogP contribution is 2.41. The Morgan fingerprint density at radius 1 is 1.19 bits per heavy atom. The number of fused-ring (bicyclic) bond motifs is 3. The van der Waals surface area contributed by atoms with E-state index >= 15 is 0 Å². The SMILES string of the molecule is O=C(CSc1nc2ccccc2s1)N1C2CCC1CC(n1ccnn1)C2. The number of hydrogen-bond acceptors (Lipinski definition) is 6. The van der Waals surface area contributed by atoms with Gasteiger partial charge >= 0.3 is 0 Å². The predicted molar refractivity (Wildman–Crippen MR) is 102 cm³/mol. The minimum Gasteiger partial charge on any atom is -0.336 e.